The summed E-state index contributed by atoms with van der Waals surface area (Å²) < 4.78 is 0. The minimum absolute atomic E-state index is 0.0872. The van der Waals surface area contributed by atoms with Crippen LogP contribution in [0.5, 0.6) is 0 Å². The summed E-state index contributed by atoms with van der Waals surface area (Å²) in [5, 5.41) is 0. The molecule has 1 atom stereocenters. The maximum absolute atomic E-state index is 6.56. The largest absolute Gasteiger partial charge is 0.317 e. The average Bonchev–Trinajstić information content (AvgIpc) is 2.20. The average molecular weight is 215 g/mol. The maximum Gasteiger partial charge on any atom is 0.0648 e. The number of nitrogens with two attached hydrogens (primary N) is 1. The molecule has 0 heterocycles. The van der Waals surface area contributed by atoms with Crippen LogP contribution in [0.4, 0.5) is 0 Å². The molecule has 1 nitrogen and oxygen atoms in total. The summed E-state index contributed by atoms with van der Waals surface area (Å²) in [5.41, 5.74) is 6.56. The summed E-state index contributed by atoms with van der Waals surface area (Å²) in [7, 11) is 0. The highest BCUT2D eigenvalue weighted by Crippen LogP contribution is 2.40. The Balaban J connectivity index is 2.54. The molecule has 2 N–H and O–H groups in total. The van der Waals surface area contributed by atoms with Gasteiger partial charge in [-0.3, -0.25) is 0 Å². The van der Waals surface area contributed by atoms with Gasteiger partial charge in [0.15, 0.2) is 0 Å². The molecule has 1 saturated carbocycles. The summed E-state index contributed by atoms with van der Waals surface area (Å²) >= 11 is 1.99. The van der Waals surface area contributed by atoms with Crippen LogP contribution in [0.1, 0.15) is 58.8 Å². The van der Waals surface area contributed by atoms with Crippen LogP contribution in [0.2, 0.25) is 0 Å². The van der Waals surface area contributed by atoms with E-state index in [0.717, 1.165) is 11.7 Å². The van der Waals surface area contributed by atoms with E-state index < -0.39 is 0 Å². The normalized spacial score (nSPS) is 23.4. The van der Waals surface area contributed by atoms with Gasteiger partial charge in [0.1, 0.15) is 0 Å². The van der Waals surface area contributed by atoms with E-state index in [1.807, 2.05) is 11.8 Å². The van der Waals surface area contributed by atoms with Crippen molar-refractivity contribution in [2.24, 2.45) is 11.7 Å². The lowest BCUT2D eigenvalue weighted by molar-refractivity contribution is 0.270. The molecular formula is C12H25NS. The van der Waals surface area contributed by atoms with Gasteiger partial charge >= 0.3 is 0 Å². The van der Waals surface area contributed by atoms with Crippen molar-refractivity contribution in [3.8, 4) is 0 Å². The van der Waals surface area contributed by atoms with E-state index in [9.17, 15) is 0 Å². The van der Waals surface area contributed by atoms with Crippen LogP contribution in [-0.2, 0) is 0 Å². The second-order valence-corrected chi connectivity index (χ2v) is 6.10. The molecule has 1 fully saturated rings. The van der Waals surface area contributed by atoms with Crippen molar-refractivity contribution in [1.29, 1.82) is 0 Å². The van der Waals surface area contributed by atoms with Crippen LogP contribution in [-0.4, -0.2) is 10.6 Å². The first kappa shape index (κ1) is 12.4. The predicted molar refractivity (Wildman–Crippen MR) is 66.5 cm³/mol. The van der Waals surface area contributed by atoms with E-state index in [1.165, 1.54) is 44.9 Å². The number of rotatable bonds is 5. The third kappa shape index (κ3) is 3.16. The first-order chi connectivity index (χ1) is 6.73. The SMILES string of the molecule is CCCC(N)(SCC)C1CCCCC1. The van der Waals surface area contributed by atoms with Crippen LogP contribution in [0, 0.1) is 5.92 Å². The fourth-order valence-corrected chi connectivity index (χ4v) is 4.00. The van der Waals surface area contributed by atoms with Crippen molar-refractivity contribution in [1.82, 2.24) is 0 Å². The molecule has 84 valence electrons. The molecule has 1 aliphatic carbocycles. The quantitative estimate of drug-likeness (QED) is 0.706. The van der Waals surface area contributed by atoms with E-state index >= 15 is 0 Å². The fourth-order valence-electron chi connectivity index (χ4n) is 2.64. The highest BCUT2D eigenvalue weighted by atomic mass is 32.2. The van der Waals surface area contributed by atoms with E-state index in [-0.39, 0.29) is 4.87 Å². The highest BCUT2D eigenvalue weighted by Gasteiger charge is 2.34. The van der Waals surface area contributed by atoms with Crippen LogP contribution < -0.4 is 5.73 Å². The molecule has 14 heavy (non-hydrogen) atoms. The van der Waals surface area contributed by atoms with Gasteiger partial charge in [-0.1, -0.05) is 39.5 Å². The van der Waals surface area contributed by atoms with Crippen molar-refractivity contribution in [2.75, 3.05) is 5.75 Å². The Morgan fingerprint density at radius 2 is 1.86 bits per heavy atom. The summed E-state index contributed by atoms with van der Waals surface area (Å²) in [6, 6.07) is 0. The second kappa shape index (κ2) is 6.02. The van der Waals surface area contributed by atoms with Crippen LogP contribution in [0.25, 0.3) is 0 Å². The van der Waals surface area contributed by atoms with E-state index in [2.05, 4.69) is 13.8 Å². The second-order valence-electron chi connectivity index (χ2n) is 4.47. The Morgan fingerprint density at radius 1 is 1.21 bits per heavy atom. The van der Waals surface area contributed by atoms with Gasteiger partial charge in [0.25, 0.3) is 0 Å². The smallest absolute Gasteiger partial charge is 0.0648 e. The van der Waals surface area contributed by atoms with Crippen molar-refractivity contribution >= 4 is 11.8 Å². The fraction of sp³-hybridized carbons (Fsp3) is 1.00. The molecule has 0 bridgehead atoms. The third-order valence-corrected chi connectivity index (χ3v) is 4.71. The molecule has 1 unspecified atom stereocenters. The lowest BCUT2D eigenvalue weighted by atomic mass is 9.82. The topological polar surface area (TPSA) is 26.0 Å². The Labute approximate surface area is 93.2 Å². The minimum Gasteiger partial charge on any atom is -0.317 e. The Morgan fingerprint density at radius 3 is 2.36 bits per heavy atom. The van der Waals surface area contributed by atoms with Gasteiger partial charge in [-0.15, -0.1) is 11.8 Å². The summed E-state index contributed by atoms with van der Waals surface area (Å²) in [6.45, 7) is 4.48. The van der Waals surface area contributed by atoms with Gasteiger partial charge in [-0.2, -0.15) is 0 Å². The van der Waals surface area contributed by atoms with Crippen molar-refractivity contribution in [3.05, 3.63) is 0 Å². The predicted octanol–water partition coefficient (Wildman–Crippen LogP) is 3.77. The van der Waals surface area contributed by atoms with Gasteiger partial charge in [0, 0.05) is 0 Å². The molecular weight excluding hydrogens is 190 g/mol. The van der Waals surface area contributed by atoms with Gasteiger partial charge in [0.2, 0.25) is 0 Å². The Kier molecular flexibility index (Phi) is 5.32. The molecule has 0 aliphatic heterocycles. The molecule has 0 spiro atoms. The summed E-state index contributed by atoms with van der Waals surface area (Å²) in [4.78, 5) is 0.0872. The number of hydrogen-bond acceptors (Lipinski definition) is 2. The molecule has 1 rings (SSSR count). The lowest BCUT2D eigenvalue weighted by Crippen LogP contribution is -2.45. The van der Waals surface area contributed by atoms with Gasteiger partial charge < -0.3 is 5.73 Å². The first-order valence-corrected chi connectivity index (χ1v) is 7.14. The maximum atomic E-state index is 6.56. The first-order valence-electron chi connectivity index (χ1n) is 6.15. The van der Waals surface area contributed by atoms with Gasteiger partial charge in [0.05, 0.1) is 4.87 Å². The highest BCUT2D eigenvalue weighted by molar-refractivity contribution is 8.00. The van der Waals surface area contributed by atoms with E-state index in [1.54, 1.807) is 0 Å². The van der Waals surface area contributed by atoms with E-state index in [4.69, 9.17) is 5.73 Å². The number of hydrogen-bond donors (Lipinski definition) is 1. The zero-order valence-corrected chi connectivity index (χ0v) is 10.5. The van der Waals surface area contributed by atoms with Gasteiger partial charge in [-0.25, -0.2) is 0 Å². The molecule has 0 saturated heterocycles. The van der Waals surface area contributed by atoms with Crippen molar-refractivity contribution < 1.29 is 0 Å². The zero-order chi connectivity index (χ0) is 10.4. The Hall–Kier alpha value is 0.310. The van der Waals surface area contributed by atoms with Crippen LogP contribution in [0.3, 0.4) is 0 Å². The van der Waals surface area contributed by atoms with Crippen LogP contribution >= 0.6 is 11.8 Å². The molecule has 1 aliphatic rings. The number of thioether (sulfide) groups is 1. The molecule has 0 aromatic heterocycles. The molecule has 0 radical (unpaired) electrons. The molecule has 0 amide bonds. The minimum atomic E-state index is 0.0872. The molecule has 0 aromatic rings. The van der Waals surface area contributed by atoms with Crippen molar-refractivity contribution in [3.63, 3.8) is 0 Å². The van der Waals surface area contributed by atoms with Crippen LogP contribution in [0.15, 0.2) is 0 Å². The van der Waals surface area contributed by atoms with E-state index in [0.29, 0.717) is 0 Å². The lowest BCUT2D eigenvalue weighted by Gasteiger charge is -2.39. The van der Waals surface area contributed by atoms with Gasteiger partial charge in [-0.05, 0) is 30.9 Å². The Bertz CT molecular complexity index is 146. The monoisotopic (exact) mass is 215 g/mol. The zero-order valence-electron chi connectivity index (χ0n) is 9.72. The van der Waals surface area contributed by atoms with Crippen molar-refractivity contribution in [2.45, 2.75) is 63.7 Å². The molecule has 0 aromatic carbocycles. The standard InChI is InChI=1S/C12H25NS/c1-3-10-12(13,14-4-2)11-8-6-5-7-9-11/h11H,3-10,13H2,1-2H3. The molecule has 2 heteroatoms. The summed E-state index contributed by atoms with van der Waals surface area (Å²) in [6.07, 6.45) is 9.37. The summed E-state index contributed by atoms with van der Waals surface area (Å²) in [5.74, 6) is 1.94. The third-order valence-electron chi connectivity index (χ3n) is 3.35.